The second-order valence-corrected chi connectivity index (χ2v) is 3.11. The summed E-state index contributed by atoms with van der Waals surface area (Å²) in [4.78, 5) is 11.0. The van der Waals surface area contributed by atoms with Gasteiger partial charge in [0.2, 0.25) is 0 Å². The fourth-order valence-electron chi connectivity index (χ4n) is 1.42. The van der Waals surface area contributed by atoms with E-state index >= 15 is 0 Å². The van der Waals surface area contributed by atoms with Gasteiger partial charge < -0.3 is 4.74 Å². The number of rotatable bonds is 2. The highest BCUT2D eigenvalue weighted by Crippen LogP contribution is 2.14. The fourth-order valence-corrected chi connectivity index (χ4v) is 1.42. The molecule has 0 aromatic rings. The Morgan fingerprint density at radius 2 is 2.36 bits per heavy atom. The van der Waals surface area contributed by atoms with Gasteiger partial charge in [-0.2, -0.15) is 0 Å². The van der Waals surface area contributed by atoms with Crippen LogP contribution in [0.2, 0.25) is 0 Å². The second-order valence-electron chi connectivity index (χ2n) is 3.11. The van der Waals surface area contributed by atoms with Crippen molar-refractivity contribution in [3.05, 3.63) is 0 Å². The summed E-state index contributed by atoms with van der Waals surface area (Å²) in [5.74, 6) is 0.364. The van der Waals surface area contributed by atoms with Gasteiger partial charge in [0.25, 0.3) is 0 Å². The van der Waals surface area contributed by atoms with E-state index in [1.165, 1.54) is 0 Å². The molecule has 0 amide bonds. The zero-order valence-corrected chi connectivity index (χ0v) is 7.14. The topological polar surface area (TPSA) is 26.3 Å². The van der Waals surface area contributed by atoms with E-state index in [4.69, 9.17) is 4.74 Å². The first-order chi connectivity index (χ1) is 5.33. The van der Waals surface area contributed by atoms with Crippen LogP contribution >= 0.6 is 0 Å². The third kappa shape index (κ3) is 3.02. The largest absolute Gasteiger partial charge is 0.378 e. The summed E-state index contributed by atoms with van der Waals surface area (Å²) in [6.45, 7) is 2.79. The van der Waals surface area contributed by atoms with Crippen molar-refractivity contribution in [2.75, 3.05) is 6.61 Å². The molecule has 1 atom stereocenters. The van der Waals surface area contributed by atoms with Crippen LogP contribution in [0.1, 0.15) is 39.0 Å². The van der Waals surface area contributed by atoms with E-state index in [2.05, 4.69) is 6.92 Å². The summed E-state index contributed by atoms with van der Waals surface area (Å²) in [6.07, 6.45) is 4.90. The molecule has 1 fully saturated rings. The molecule has 0 N–H and O–H groups in total. The van der Waals surface area contributed by atoms with Crippen molar-refractivity contribution in [1.29, 1.82) is 0 Å². The Hall–Kier alpha value is -0.370. The van der Waals surface area contributed by atoms with Crippen LogP contribution < -0.4 is 0 Å². The molecule has 1 aliphatic rings. The Morgan fingerprint density at radius 3 is 3.09 bits per heavy atom. The molecule has 1 rings (SSSR count). The Labute approximate surface area is 67.9 Å². The molecule has 1 saturated heterocycles. The van der Waals surface area contributed by atoms with E-state index in [1.807, 2.05) is 0 Å². The molecular formula is C9H16O2. The summed E-state index contributed by atoms with van der Waals surface area (Å²) < 4.78 is 5.49. The highest BCUT2D eigenvalue weighted by Gasteiger charge is 2.15. The molecule has 0 spiro atoms. The van der Waals surface area contributed by atoms with Gasteiger partial charge in [-0.25, -0.2) is 0 Å². The van der Waals surface area contributed by atoms with E-state index in [0.29, 0.717) is 24.9 Å². The smallest absolute Gasteiger partial charge is 0.135 e. The monoisotopic (exact) mass is 156 g/mol. The van der Waals surface area contributed by atoms with Gasteiger partial charge in [-0.05, 0) is 12.8 Å². The van der Waals surface area contributed by atoms with Crippen LogP contribution in [0, 0.1) is 0 Å². The van der Waals surface area contributed by atoms with Crippen molar-refractivity contribution < 1.29 is 9.53 Å². The molecule has 64 valence electrons. The zero-order chi connectivity index (χ0) is 8.10. The highest BCUT2D eigenvalue weighted by molar-refractivity contribution is 5.78. The maximum absolute atomic E-state index is 11.0. The standard InChI is InChI=1S/C9H16O2/c1-2-3-9-5-4-8(10)6-7-11-9/h9H,2-7H2,1H3. The number of ether oxygens (including phenoxy) is 1. The summed E-state index contributed by atoms with van der Waals surface area (Å²) in [5, 5.41) is 0. The van der Waals surface area contributed by atoms with Gasteiger partial charge >= 0.3 is 0 Å². The van der Waals surface area contributed by atoms with Gasteiger partial charge in [0.1, 0.15) is 5.78 Å². The summed E-state index contributed by atoms with van der Waals surface area (Å²) in [5.41, 5.74) is 0. The number of carbonyl (C=O) groups is 1. The van der Waals surface area contributed by atoms with Crippen molar-refractivity contribution in [2.45, 2.75) is 45.1 Å². The molecule has 0 aromatic carbocycles. The zero-order valence-electron chi connectivity index (χ0n) is 7.14. The van der Waals surface area contributed by atoms with E-state index < -0.39 is 0 Å². The Bertz CT molecular complexity index is 132. The molecule has 0 aromatic heterocycles. The number of Topliss-reactive ketones (excluding diaryl/α,β-unsaturated/α-hetero) is 1. The lowest BCUT2D eigenvalue weighted by Gasteiger charge is -2.12. The minimum Gasteiger partial charge on any atom is -0.378 e. The fraction of sp³-hybridized carbons (Fsp3) is 0.889. The quantitative estimate of drug-likeness (QED) is 0.610. The van der Waals surface area contributed by atoms with Gasteiger partial charge in [-0.15, -0.1) is 0 Å². The molecule has 1 aliphatic heterocycles. The first-order valence-corrected chi connectivity index (χ1v) is 4.46. The third-order valence-electron chi connectivity index (χ3n) is 2.09. The average molecular weight is 156 g/mol. The number of carbonyl (C=O) groups excluding carboxylic acids is 1. The van der Waals surface area contributed by atoms with Crippen molar-refractivity contribution in [3.63, 3.8) is 0 Å². The number of hydrogen-bond acceptors (Lipinski definition) is 2. The van der Waals surface area contributed by atoms with Crippen LogP contribution in [-0.2, 0) is 9.53 Å². The molecular weight excluding hydrogens is 140 g/mol. The van der Waals surface area contributed by atoms with Crippen molar-refractivity contribution >= 4 is 5.78 Å². The lowest BCUT2D eigenvalue weighted by atomic mass is 10.1. The molecule has 2 heteroatoms. The Morgan fingerprint density at radius 1 is 1.55 bits per heavy atom. The molecule has 2 nitrogen and oxygen atoms in total. The predicted octanol–water partition coefficient (Wildman–Crippen LogP) is 1.92. The van der Waals surface area contributed by atoms with Crippen LogP contribution in [0.5, 0.6) is 0 Å². The third-order valence-corrected chi connectivity index (χ3v) is 2.09. The van der Waals surface area contributed by atoms with E-state index in [9.17, 15) is 4.79 Å². The molecule has 1 unspecified atom stereocenters. The number of ketones is 1. The summed E-state index contributed by atoms with van der Waals surface area (Å²) >= 11 is 0. The van der Waals surface area contributed by atoms with Gasteiger partial charge in [0.05, 0.1) is 12.7 Å². The van der Waals surface area contributed by atoms with Crippen molar-refractivity contribution in [3.8, 4) is 0 Å². The highest BCUT2D eigenvalue weighted by atomic mass is 16.5. The summed E-state index contributed by atoms with van der Waals surface area (Å²) in [7, 11) is 0. The minimum absolute atomic E-state index is 0.353. The van der Waals surface area contributed by atoms with Crippen LogP contribution in [0.3, 0.4) is 0 Å². The summed E-state index contributed by atoms with van der Waals surface area (Å²) in [6, 6.07) is 0. The predicted molar refractivity (Wildman–Crippen MR) is 43.5 cm³/mol. The van der Waals surface area contributed by atoms with E-state index in [-0.39, 0.29) is 0 Å². The lowest BCUT2D eigenvalue weighted by Crippen LogP contribution is -2.10. The van der Waals surface area contributed by atoms with Crippen molar-refractivity contribution in [2.24, 2.45) is 0 Å². The van der Waals surface area contributed by atoms with Gasteiger partial charge in [0.15, 0.2) is 0 Å². The van der Waals surface area contributed by atoms with E-state index in [0.717, 1.165) is 25.7 Å². The van der Waals surface area contributed by atoms with Crippen LogP contribution in [-0.4, -0.2) is 18.5 Å². The first-order valence-electron chi connectivity index (χ1n) is 4.46. The van der Waals surface area contributed by atoms with Crippen LogP contribution in [0.15, 0.2) is 0 Å². The molecule has 1 heterocycles. The van der Waals surface area contributed by atoms with Crippen LogP contribution in [0.25, 0.3) is 0 Å². The molecule has 0 saturated carbocycles. The minimum atomic E-state index is 0.353. The molecule has 11 heavy (non-hydrogen) atoms. The van der Waals surface area contributed by atoms with Crippen LogP contribution in [0.4, 0.5) is 0 Å². The van der Waals surface area contributed by atoms with Crippen molar-refractivity contribution in [1.82, 2.24) is 0 Å². The Kier molecular flexibility index (Phi) is 3.57. The molecule has 0 aliphatic carbocycles. The van der Waals surface area contributed by atoms with Gasteiger partial charge in [0, 0.05) is 12.8 Å². The lowest BCUT2D eigenvalue weighted by molar-refractivity contribution is -0.119. The van der Waals surface area contributed by atoms with Gasteiger partial charge in [-0.1, -0.05) is 13.3 Å². The number of hydrogen-bond donors (Lipinski definition) is 0. The van der Waals surface area contributed by atoms with Gasteiger partial charge in [-0.3, -0.25) is 4.79 Å². The molecule has 0 bridgehead atoms. The molecule has 0 radical (unpaired) electrons. The van der Waals surface area contributed by atoms with E-state index in [1.54, 1.807) is 0 Å². The average Bonchev–Trinajstić information content (AvgIpc) is 2.17. The Balaban J connectivity index is 2.28. The second kappa shape index (κ2) is 4.50. The maximum Gasteiger partial charge on any atom is 0.135 e. The first kappa shape index (κ1) is 8.72. The maximum atomic E-state index is 11.0. The normalized spacial score (nSPS) is 26.6. The SMILES string of the molecule is CCCC1CCC(=O)CCO1.